The number of likely N-dealkylation sites (N-methyl/N-ethyl adjacent to an activating group) is 1. The summed E-state index contributed by atoms with van der Waals surface area (Å²) < 4.78 is 0. The topological polar surface area (TPSA) is 151 Å². The fourth-order valence-corrected chi connectivity index (χ4v) is 6.98. The molecule has 0 saturated carbocycles. The smallest absolute Gasteiger partial charge is 0.353 e. The molecule has 3 saturated heterocycles. The van der Waals surface area contributed by atoms with Crippen molar-refractivity contribution in [3.63, 3.8) is 0 Å². The number of nitrogens with zero attached hydrogens (tertiary/aromatic N) is 2. The average Bonchev–Trinajstić information content (AvgIpc) is 3.46. The molecular formula is C22H33N5O6S. The number of aliphatic hydroxyl groups excluding tert-OH is 1. The van der Waals surface area contributed by atoms with Crippen LogP contribution in [0.2, 0.25) is 0 Å². The van der Waals surface area contributed by atoms with Gasteiger partial charge in [0, 0.05) is 49.3 Å². The largest absolute Gasteiger partial charge is 0.477 e. The molecule has 4 heterocycles. The maximum atomic E-state index is 13.0. The third kappa shape index (κ3) is 4.32. The molecule has 5 N–H and O–H groups in total. The Bertz CT molecular complexity index is 925. The third-order valence-corrected chi connectivity index (χ3v) is 8.76. The van der Waals surface area contributed by atoms with Crippen LogP contribution in [0.25, 0.3) is 0 Å². The Hall–Kier alpha value is -2.15. The van der Waals surface area contributed by atoms with Crippen LogP contribution >= 0.6 is 11.8 Å². The van der Waals surface area contributed by atoms with Gasteiger partial charge in [-0.25, -0.2) is 4.79 Å². The van der Waals surface area contributed by atoms with Crippen LogP contribution in [0.3, 0.4) is 0 Å². The van der Waals surface area contributed by atoms with E-state index in [9.17, 15) is 29.4 Å². The van der Waals surface area contributed by atoms with E-state index in [0.29, 0.717) is 30.8 Å². The Labute approximate surface area is 202 Å². The fourth-order valence-electron chi connectivity index (χ4n) is 5.50. The van der Waals surface area contributed by atoms with Crippen LogP contribution in [-0.4, -0.2) is 106 Å². The van der Waals surface area contributed by atoms with Gasteiger partial charge in [0.15, 0.2) is 0 Å². The Balaban J connectivity index is 1.44. The molecule has 0 spiro atoms. The number of hydrogen-bond donors (Lipinski definition) is 5. The van der Waals surface area contributed by atoms with Crippen LogP contribution in [0.4, 0.5) is 0 Å². The highest BCUT2D eigenvalue weighted by atomic mass is 32.2. The van der Waals surface area contributed by atoms with Crippen molar-refractivity contribution in [1.82, 2.24) is 25.8 Å². The van der Waals surface area contributed by atoms with Crippen molar-refractivity contribution in [1.29, 1.82) is 0 Å². The standard InChI is InChI=1S/C22H33N5O6S/c1-9-16-15(10(2)25-19(29)13-5-11(28)7-23-13)21(31)27(16)17(22(32)33)18(9)34-12-6-14(24-8-12)20(30)26(3)4/h9-16,23-24,28H,5-8H2,1-4H3,(H,25,29)(H,32,33)/t9-,10-,11-,12+,13+,14+,15-,16-/m1/s1. The second-order valence-corrected chi connectivity index (χ2v) is 11.2. The predicted molar refractivity (Wildman–Crippen MR) is 124 cm³/mol. The summed E-state index contributed by atoms with van der Waals surface area (Å²) in [5.74, 6) is -2.45. The van der Waals surface area contributed by atoms with Crippen LogP contribution in [0, 0.1) is 11.8 Å². The zero-order chi connectivity index (χ0) is 24.9. The highest BCUT2D eigenvalue weighted by molar-refractivity contribution is 8.03. The second kappa shape index (κ2) is 9.48. The van der Waals surface area contributed by atoms with E-state index >= 15 is 0 Å². The number of carbonyl (C=O) groups excluding carboxylic acids is 3. The quantitative estimate of drug-likeness (QED) is 0.267. The van der Waals surface area contributed by atoms with E-state index in [0.717, 1.165) is 0 Å². The summed E-state index contributed by atoms with van der Waals surface area (Å²) in [5.41, 5.74) is 0.0187. The zero-order valence-corrected chi connectivity index (χ0v) is 20.6. The summed E-state index contributed by atoms with van der Waals surface area (Å²) in [4.78, 5) is 53.6. The van der Waals surface area contributed by atoms with Gasteiger partial charge in [-0.05, 0) is 19.8 Å². The number of nitrogens with one attached hydrogen (secondary N) is 3. The molecule has 8 atom stereocenters. The minimum Gasteiger partial charge on any atom is -0.477 e. The normalized spacial score (nSPS) is 35.7. The van der Waals surface area contributed by atoms with Gasteiger partial charge in [-0.3, -0.25) is 14.4 Å². The van der Waals surface area contributed by atoms with Crippen molar-refractivity contribution < 1.29 is 29.4 Å². The van der Waals surface area contributed by atoms with Crippen molar-refractivity contribution in [2.24, 2.45) is 11.8 Å². The maximum absolute atomic E-state index is 13.0. The lowest BCUT2D eigenvalue weighted by Gasteiger charge is -2.47. The minimum atomic E-state index is -1.14. The summed E-state index contributed by atoms with van der Waals surface area (Å²) in [7, 11) is 3.41. The number of carboxylic acid groups (broad SMARTS) is 1. The van der Waals surface area contributed by atoms with Gasteiger partial charge in [-0.2, -0.15) is 0 Å². The number of carboxylic acids is 1. The van der Waals surface area contributed by atoms with Gasteiger partial charge in [-0.1, -0.05) is 6.92 Å². The van der Waals surface area contributed by atoms with Crippen molar-refractivity contribution >= 4 is 35.5 Å². The molecule has 34 heavy (non-hydrogen) atoms. The van der Waals surface area contributed by atoms with Crippen molar-refractivity contribution in [3.05, 3.63) is 10.6 Å². The number of β-lactam (4-membered cyclic amide) rings is 1. The SMILES string of the molecule is C[C@@H](NC(=O)[C@@H]1C[C@@H](O)CN1)[C@H]1C(=O)N2C(C(=O)O)=C(S[C@@H]3CN[C@H](C(=O)N(C)C)C3)[C@H](C)[C@H]12. The fraction of sp³-hybridized carbons (Fsp3) is 0.727. The summed E-state index contributed by atoms with van der Waals surface area (Å²) >= 11 is 1.44. The van der Waals surface area contributed by atoms with E-state index in [1.807, 2.05) is 6.92 Å². The molecule has 0 radical (unpaired) electrons. The van der Waals surface area contributed by atoms with Gasteiger partial charge in [0.1, 0.15) is 5.70 Å². The minimum absolute atomic E-state index is 0.0112. The average molecular weight is 496 g/mol. The Morgan fingerprint density at radius 1 is 1.18 bits per heavy atom. The van der Waals surface area contributed by atoms with Crippen LogP contribution in [0.1, 0.15) is 26.7 Å². The summed E-state index contributed by atoms with van der Waals surface area (Å²) in [5, 5.41) is 28.7. The molecule has 3 amide bonds. The lowest BCUT2D eigenvalue weighted by Crippen LogP contribution is -2.66. The molecule has 11 nitrogen and oxygen atoms in total. The first kappa shape index (κ1) is 25.0. The molecule has 12 heteroatoms. The van der Waals surface area contributed by atoms with Crippen LogP contribution in [0.5, 0.6) is 0 Å². The number of fused-ring (bicyclic) bond motifs is 1. The molecule has 188 valence electrons. The van der Waals surface area contributed by atoms with E-state index in [2.05, 4.69) is 16.0 Å². The molecule has 0 aromatic heterocycles. The van der Waals surface area contributed by atoms with Gasteiger partial charge in [0.2, 0.25) is 17.7 Å². The Morgan fingerprint density at radius 3 is 2.44 bits per heavy atom. The summed E-state index contributed by atoms with van der Waals surface area (Å²) in [6.07, 6.45) is 0.335. The van der Waals surface area contributed by atoms with Crippen LogP contribution in [-0.2, 0) is 19.2 Å². The molecule has 0 aromatic carbocycles. The van der Waals surface area contributed by atoms with Crippen molar-refractivity contribution in [3.8, 4) is 0 Å². The molecule has 4 aliphatic heterocycles. The lowest BCUT2D eigenvalue weighted by atomic mass is 9.78. The number of hydrogen-bond acceptors (Lipinski definition) is 8. The Morgan fingerprint density at radius 2 is 1.85 bits per heavy atom. The number of amides is 3. The molecular weight excluding hydrogens is 462 g/mol. The Kier molecular flexibility index (Phi) is 6.96. The predicted octanol–water partition coefficient (Wildman–Crippen LogP) is -1.46. The lowest BCUT2D eigenvalue weighted by molar-refractivity contribution is -0.158. The summed E-state index contributed by atoms with van der Waals surface area (Å²) in [6, 6.07) is -1.62. The van der Waals surface area contributed by atoms with E-state index in [4.69, 9.17) is 0 Å². The number of thioether (sulfide) groups is 1. The summed E-state index contributed by atoms with van der Waals surface area (Å²) in [6.45, 7) is 4.61. The number of rotatable bonds is 7. The van der Waals surface area contributed by atoms with E-state index < -0.39 is 30.1 Å². The monoisotopic (exact) mass is 495 g/mol. The molecule has 3 fully saturated rings. The molecule has 0 aromatic rings. The number of β-amino-alcohol motifs (C(OH)–C–C–N with tert-alkyl or cyclic N) is 1. The van der Waals surface area contributed by atoms with Gasteiger partial charge in [-0.15, -0.1) is 11.8 Å². The third-order valence-electron chi connectivity index (χ3n) is 7.25. The second-order valence-electron chi connectivity index (χ2n) is 9.85. The van der Waals surface area contributed by atoms with Crippen LogP contribution < -0.4 is 16.0 Å². The molecule has 4 rings (SSSR count). The number of aliphatic hydroxyl groups is 1. The first-order valence-electron chi connectivity index (χ1n) is 11.6. The van der Waals surface area contributed by atoms with Gasteiger partial charge in [0.05, 0.1) is 30.1 Å². The highest BCUT2D eigenvalue weighted by Gasteiger charge is 2.60. The molecule has 0 unspecified atom stereocenters. The van der Waals surface area contributed by atoms with Crippen molar-refractivity contribution in [2.45, 2.75) is 62.2 Å². The van der Waals surface area contributed by atoms with Crippen molar-refractivity contribution in [2.75, 3.05) is 27.2 Å². The maximum Gasteiger partial charge on any atom is 0.353 e. The number of aliphatic carboxylic acids is 1. The molecule has 4 aliphatic rings. The first-order chi connectivity index (χ1) is 16.0. The molecule has 0 aliphatic carbocycles. The zero-order valence-electron chi connectivity index (χ0n) is 19.8. The van der Waals surface area contributed by atoms with Gasteiger partial charge >= 0.3 is 5.97 Å². The number of carbonyl (C=O) groups is 4. The first-order valence-corrected chi connectivity index (χ1v) is 12.5. The van der Waals surface area contributed by atoms with Gasteiger partial charge in [0.25, 0.3) is 0 Å². The highest BCUT2D eigenvalue weighted by Crippen LogP contribution is 2.51. The van der Waals surface area contributed by atoms with E-state index in [-0.39, 0.29) is 46.7 Å². The van der Waals surface area contributed by atoms with Gasteiger partial charge < -0.3 is 36.0 Å². The van der Waals surface area contributed by atoms with Crippen LogP contribution in [0.15, 0.2) is 10.6 Å². The molecule has 0 bridgehead atoms. The van der Waals surface area contributed by atoms with E-state index in [1.54, 1.807) is 21.0 Å². The van der Waals surface area contributed by atoms with E-state index in [1.165, 1.54) is 21.6 Å².